The van der Waals surface area contributed by atoms with Gasteiger partial charge in [-0.05, 0) is 43.2 Å². The molecule has 0 unspecified atom stereocenters. The van der Waals surface area contributed by atoms with Gasteiger partial charge >= 0.3 is 0 Å². The summed E-state index contributed by atoms with van der Waals surface area (Å²) in [6, 6.07) is 13.2. The number of hydrogen-bond donors (Lipinski definition) is 2. The Balaban J connectivity index is 2.32. The summed E-state index contributed by atoms with van der Waals surface area (Å²) in [5.74, 6) is -0.793. The van der Waals surface area contributed by atoms with Crippen LogP contribution in [0.4, 0.5) is 11.4 Å². The summed E-state index contributed by atoms with van der Waals surface area (Å²) in [5.41, 5.74) is 9.60. The van der Waals surface area contributed by atoms with Crippen LogP contribution in [0.5, 0.6) is 0 Å². The third-order valence-corrected chi connectivity index (χ3v) is 3.77. The molecule has 0 heterocycles. The summed E-state index contributed by atoms with van der Waals surface area (Å²) in [7, 11) is 1.56. The average Bonchev–Trinajstić information content (AvgIpc) is 2.51. The van der Waals surface area contributed by atoms with E-state index in [4.69, 9.17) is 5.73 Å². The molecule has 3 N–H and O–H groups in total. The number of carbonyl (C=O) groups is 2. The number of amides is 2. The minimum Gasteiger partial charge on any atom is -0.368 e. The molecule has 0 aliphatic rings. The van der Waals surface area contributed by atoms with Gasteiger partial charge in [-0.15, -0.1) is 0 Å². The molecular formula is C18H21N3O2. The SMILES string of the molecule is Cc1cccc(Nc2ccccc2C(=O)N(C)CC(N)=O)c1C. The molecule has 0 aromatic heterocycles. The van der Waals surface area contributed by atoms with E-state index in [1.54, 1.807) is 19.2 Å². The van der Waals surface area contributed by atoms with Gasteiger partial charge in [0.15, 0.2) is 0 Å². The Bertz CT molecular complexity index is 741. The molecule has 0 fully saturated rings. The van der Waals surface area contributed by atoms with Crippen molar-refractivity contribution < 1.29 is 9.59 Å². The van der Waals surface area contributed by atoms with E-state index in [1.165, 1.54) is 10.5 Å². The second-order valence-corrected chi connectivity index (χ2v) is 5.55. The molecule has 2 aromatic rings. The fraction of sp³-hybridized carbons (Fsp3) is 0.222. The first-order valence-corrected chi connectivity index (χ1v) is 7.36. The highest BCUT2D eigenvalue weighted by Gasteiger charge is 2.17. The van der Waals surface area contributed by atoms with Crippen molar-refractivity contribution in [2.45, 2.75) is 13.8 Å². The van der Waals surface area contributed by atoms with Crippen molar-refractivity contribution in [3.63, 3.8) is 0 Å². The maximum absolute atomic E-state index is 12.5. The normalized spacial score (nSPS) is 10.2. The second-order valence-electron chi connectivity index (χ2n) is 5.55. The number of carbonyl (C=O) groups excluding carboxylic acids is 2. The smallest absolute Gasteiger partial charge is 0.256 e. The zero-order chi connectivity index (χ0) is 17.0. The van der Waals surface area contributed by atoms with Crippen LogP contribution in [-0.2, 0) is 4.79 Å². The lowest BCUT2D eigenvalue weighted by Gasteiger charge is -2.19. The van der Waals surface area contributed by atoms with Crippen molar-refractivity contribution in [1.82, 2.24) is 4.90 Å². The molecule has 0 atom stereocenters. The van der Waals surface area contributed by atoms with Gasteiger partial charge in [-0.1, -0.05) is 24.3 Å². The maximum atomic E-state index is 12.5. The van der Waals surface area contributed by atoms with E-state index < -0.39 is 5.91 Å². The standard InChI is InChI=1S/C18H21N3O2/c1-12-7-6-10-15(13(12)2)20-16-9-5-4-8-14(16)18(23)21(3)11-17(19)22/h4-10,20H,11H2,1-3H3,(H2,19,22). The highest BCUT2D eigenvalue weighted by molar-refractivity contribution is 6.01. The Morgan fingerprint density at radius 1 is 1.04 bits per heavy atom. The summed E-state index contributed by atoms with van der Waals surface area (Å²) in [5, 5.41) is 3.31. The minimum atomic E-state index is -0.541. The van der Waals surface area contributed by atoms with Crippen LogP contribution < -0.4 is 11.1 Å². The first-order chi connectivity index (χ1) is 10.9. The molecule has 0 spiro atoms. The summed E-state index contributed by atoms with van der Waals surface area (Å²) < 4.78 is 0. The summed E-state index contributed by atoms with van der Waals surface area (Å²) in [6.07, 6.45) is 0. The van der Waals surface area contributed by atoms with E-state index in [-0.39, 0.29) is 12.5 Å². The Hall–Kier alpha value is -2.82. The summed E-state index contributed by atoms with van der Waals surface area (Å²) in [4.78, 5) is 24.8. The molecule has 0 saturated heterocycles. The van der Waals surface area contributed by atoms with Crippen molar-refractivity contribution in [2.75, 3.05) is 18.9 Å². The van der Waals surface area contributed by atoms with Crippen molar-refractivity contribution in [3.05, 3.63) is 59.2 Å². The topological polar surface area (TPSA) is 75.4 Å². The number of nitrogens with zero attached hydrogens (tertiary/aromatic N) is 1. The number of primary amides is 1. The van der Waals surface area contributed by atoms with Gasteiger partial charge in [0.25, 0.3) is 5.91 Å². The molecule has 2 rings (SSSR count). The molecule has 2 amide bonds. The van der Waals surface area contributed by atoms with Gasteiger partial charge in [0.1, 0.15) is 0 Å². The monoisotopic (exact) mass is 311 g/mol. The molecule has 5 heteroatoms. The Labute approximate surface area is 136 Å². The third-order valence-electron chi connectivity index (χ3n) is 3.77. The number of likely N-dealkylation sites (N-methyl/N-ethyl adjacent to an activating group) is 1. The number of aryl methyl sites for hydroxylation is 1. The fourth-order valence-electron chi connectivity index (χ4n) is 2.32. The van der Waals surface area contributed by atoms with E-state index in [0.29, 0.717) is 11.3 Å². The molecule has 0 aliphatic carbocycles. The molecular weight excluding hydrogens is 290 g/mol. The van der Waals surface area contributed by atoms with Gasteiger partial charge in [0.05, 0.1) is 17.8 Å². The number of para-hydroxylation sites is 1. The van der Waals surface area contributed by atoms with Crippen LogP contribution in [-0.4, -0.2) is 30.3 Å². The predicted octanol–water partition coefficient (Wildman–Crippen LogP) is 2.60. The zero-order valence-electron chi connectivity index (χ0n) is 13.6. The zero-order valence-corrected chi connectivity index (χ0v) is 13.6. The van der Waals surface area contributed by atoms with Crippen molar-refractivity contribution in [2.24, 2.45) is 5.73 Å². The fourth-order valence-corrected chi connectivity index (χ4v) is 2.32. The van der Waals surface area contributed by atoms with Crippen molar-refractivity contribution in [1.29, 1.82) is 0 Å². The quantitative estimate of drug-likeness (QED) is 0.891. The Morgan fingerprint density at radius 3 is 2.39 bits per heavy atom. The summed E-state index contributed by atoms with van der Waals surface area (Å²) in [6.45, 7) is 3.95. The van der Waals surface area contributed by atoms with Crippen LogP contribution in [0.3, 0.4) is 0 Å². The van der Waals surface area contributed by atoms with E-state index in [9.17, 15) is 9.59 Å². The lowest BCUT2D eigenvalue weighted by atomic mass is 10.1. The molecule has 5 nitrogen and oxygen atoms in total. The van der Waals surface area contributed by atoms with Crippen LogP contribution in [0.1, 0.15) is 21.5 Å². The molecule has 0 aliphatic heterocycles. The number of rotatable bonds is 5. The van der Waals surface area contributed by atoms with E-state index in [0.717, 1.165) is 11.3 Å². The number of hydrogen-bond acceptors (Lipinski definition) is 3. The number of nitrogens with one attached hydrogen (secondary N) is 1. The van der Waals surface area contributed by atoms with Crippen LogP contribution in [0.2, 0.25) is 0 Å². The van der Waals surface area contributed by atoms with Gasteiger partial charge in [-0.2, -0.15) is 0 Å². The second kappa shape index (κ2) is 6.96. The molecule has 0 bridgehead atoms. The van der Waals surface area contributed by atoms with Gasteiger partial charge in [-0.25, -0.2) is 0 Å². The average molecular weight is 311 g/mol. The van der Waals surface area contributed by atoms with Crippen LogP contribution in [0.15, 0.2) is 42.5 Å². The van der Waals surface area contributed by atoms with Gasteiger partial charge in [0, 0.05) is 12.7 Å². The van der Waals surface area contributed by atoms with Crippen LogP contribution in [0, 0.1) is 13.8 Å². The van der Waals surface area contributed by atoms with E-state index in [1.807, 2.05) is 44.2 Å². The minimum absolute atomic E-state index is 0.114. The van der Waals surface area contributed by atoms with Gasteiger partial charge < -0.3 is 16.0 Å². The Morgan fingerprint density at radius 2 is 1.70 bits per heavy atom. The molecule has 23 heavy (non-hydrogen) atoms. The first kappa shape index (κ1) is 16.5. The number of anilines is 2. The highest BCUT2D eigenvalue weighted by atomic mass is 16.2. The summed E-state index contributed by atoms with van der Waals surface area (Å²) >= 11 is 0. The third kappa shape index (κ3) is 3.88. The van der Waals surface area contributed by atoms with Crippen LogP contribution >= 0.6 is 0 Å². The van der Waals surface area contributed by atoms with Crippen molar-refractivity contribution >= 4 is 23.2 Å². The first-order valence-electron chi connectivity index (χ1n) is 7.36. The van der Waals surface area contributed by atoms with E-state index in [2.05, 4.69) is 5.32 Å². The molecule has 0 radical (unpaired) electrons. The van der Waals surface area contributed by atoms with Gasteiger partial charge in [0.2, 0.25) is 5.91 Å². The number of benzene rings is 2. The lowest BCUT2D eigenvalue weighted by molar-refractivity contribution is -0.118. The largest absolute Gasteiger partial charge is 0.368 e. The maximum Gasteiger partial charge on any atom is 0.256 e. The highest BCUT2D eigenvalue weighted by Crippen LogP contribution is 2.25. The molecule has 0 saturated carbocycles. The predicted molar refractivity (Wildman–Crippen MR) is 91.8 cm³/mol. The lowest BCUT2D eigenvalue weighted by Crippen LogP contribution is -2.35. The van der Waals surface area contributed by atoms with Gasteiger partial charge in [-0.3, -0.25) is 9.59 Å². The molecule has 120 valence electrons. The Kier molecular flexibility index (Phi) is 5.01. The van der Waals surface area contributed by atoms with Crippen molar-refractivity contribution in [3.8, 4) is 0 Å². The van der Waals surface area contributed by atoms with E-state index >= 15 is 0 Å². The number of nitrogens with two attached hydrogens (primary N) is 1. The van der Waals surface area contributed by atoms with Crippen LogP contribution in [0.25, 0.3) is 0 Å². The molecule has 2 aromatic carbocycles.